The molecule has 82 valence electrons. The van der Waals surface area contributed by atoms with Gasteiger partial charge in [0.1, 0.15) is 5.75 Å². The molecule has 0 aliphatic carbocycles. The second kappa shape index (κ2) is 5.06. The first-order valence-electron chi connectivity index (χ1n) is 4.99. The van der Waals surface area contributed by atoms with Crippen LogP contribution in [0.5, 0.6) is 5.75 Å². The predicted molar refractivity (Wildman–Crippen MR) is 60.7 cm³/mol. The highest BCUT2D eigenvalue weighted by atomic mass is 35.5. The highest BCUT2D eigenvalue weighted by molar-refractivity contribution is 6.34. The molecule has 1 fully saturated rings. The lowest BCUT2D eigenvalue weighted by Gasteiger charge is -2.23. The van der Waals surface area contributed by atoms with E-state index in [0.29, 0.717) is 15.8 Å². The quantitative estimate of drug-likeness (QED) is 0.789. The molecule has 1 heterocycles. The zero-order valence-electron chi connectivity index (χ0n) is 8.21. The molecule has 0 saturated carbocycles. The first-order valence-corrected chi connectivity index (χ1v) is 5.74. The molecule has 4 heteroatoms. The smallest absolute Gasteiger partial charge is 0.199 e. The van der Waals surface area contributed by atoms with Crippen LogP contribution in [-0.2, 0) is 4.74 Å². The standard InChI is InChI=1S/C11H12Cl2O2/c12-8-4-5-9(13)10(7-8)15-11-3-1-2-6-14-11/h4-5,7,11H,1-3,6H2. The lowest BCUT2D eigenvalue weighted by molar-refractivity contribution is -0.105. The molecule has 0 amide bonds. The molecular formula is C11H12Cl2O2. The van der Waals surface area contributed by atoms with Crippen LogP contribution in [0.1, 0.15) is 19.3 Å². The molecule has 1 aromatic carbocycles. The third kappa shape index (κ3) is 3.00. The summed E-state index contributed by atoms with van der Waals surface area (Å²) >= 11 is 11.8. The predicted octanol–water partition coefficient (Wildman–Crippen LogP) is 3.90. The number of hydrogen-bond acceptors (Lipinski definition) is 2. The van der Waals surface area contributed by atoms with Crippen molar-refractivity contribution in [1.82, 2.24) is 0 Å². The molecule has 1 aliphatic rings. The van der Waals surface area contributed by atoms with Gasteiger partial charge < -0.3 is 9.47 Å². The molecule has 0 radical (unpaired) electrons. The molecule has 15 heavy (non-hydrogen) atoms. The van der Waals surface area contributed by atoms with Crippen LogP contribution >= 0.6 is 23.2 Å². The Bertz CT molecular complexity index is 335. The zero-order chi connectivity index (χ0) is 10.7. The number of hydrogen-bond donors (Lipinski definition) is 0. The van der Waals surface area contributed by atoms with Gasteiger partial charge in [-0.3, -0.25) is 0 Å². The summed E-state index contributed by atoms with van der Waals surface area (Å²) in [6, 6.07) is 5.17. The van der Waals surface area contributed by atoms with Crippen LogP contribution in [0.15, 0.2) is 18.2 Å². The fourth-order valence-corrected chi connectivity index (χ4v) is 1.84. The van der Waals surface area contributed by atoms with E-state index in [1.54, 1.807) is 18.2 Å². The summed E-state index contributed by atoms with van der Waals surface area (Å²) in [4.78, 5) is 0. The van der Waals surface area contributed by atoms with Crippen molar-refractivity contribution < 1.29 is 9.47 Å². The van der Waals surface area contributed by atoms with Gasteiger partial charge in [-0.05, 0) is 25.0 Å². The van der Waals surface area contributed by atoms with Crippen LogP contribution in [0.4, 0.5) is 0 Å². The van der Waals surface area contributed by atoms with E-state index in [2.05, 4.69) is 0 Å². The minimum absolute atomic E-state index is 0.185. The largest absolute Gasteiger partial charge is 0.463 e. The van der Waals surface area contributed by atoms with Gasteiger partial charge >= 0.3 is 0 Å². The van der Waals surface area contributed by atoms with Gasteiger partial charge in [-0.2, -0.15) is 0 Å². The van der Waals surface area contributed by atoms with Gasteiger partial charge in [-0.15, -0.1) is 0 Å². The Morgan fingerprint density at radius 1 is 1.27 bits per heavy atom. The molecule has 0 aromatic heterocycles. The number of ether oxygens (including phenoxy) is 2. The third-order valence-electron chi connectivity index (χ3n) is 2.29. The Labute approximate surface area is 99.1 Å². The summed E-state index contributed by atoms with van der Waals surface area (Å²) in [7, 11) is 0. The first-order chi connectivity index (χ1) is 7.25. The maximum absolute atomic E-state index is 5.98. The van der Waals surface area contributed by atoms with Crippen molar-refractivity contribution >= 4 is 23.2 Å². The molecule has 1 unspecified atom stereocenters. The average Bonchev–Trinajstić information content (AvgIpc) is 2.25. The van der Waals surface area contributed by atoms with Crippen molar-refractivity contribution in [2.24, 2.45) is 0 Å². The summed E-state index contributed by atoms with van der Waals surface area (Å²) < 4.78 is 11.1. The molecule has 0 spiro atoms. The van der Waals surface area contributed by atoms with Gasteiger partial charge in [0, 0.05) is 17.5 Å². The Kier molecular flexibility index (Phi) is 3.73. The minimum atomic E-state index is -0.185. The number of halogens is 2. The molecule has 1 aromatic rings. The Morgan fingerprint density at radius 3 is 2.87 bits per heavy atom. The van der Waals surface area contributed by atoms with E-state index in [1.165, 1.54) is 0 Å². The van der Waals surface area contributed by atoms with Gasteiger partial charge in [0.05, 0.1) is 11.6 Å². The van der Waals surface area contributed by atoms with Crippen molar-refractivity contribution in [3.05, 3.63) is 28.2 Å². The van der Waals surface area contributed by atoms with E-state index in [9.17, 15) is 0 Å². The molecule has 1 saturated heterocycles. The number of benzene rings is 1. The Balaban J connectivity index is 2.05. The number of rotatable bonds is 2. The summed E-state index contributed by atoms with van der Waals surface area (Å²) in [6.45, 7) is 0.753. The van der Waals surface area contributed by atoms with Crippen molar-refractivity contribution in [2.45, 2.75) is 25.6 Å². The van der Waals surface area contributed by atoms with E-state index in [4.69, 9.17) is 32.7 Å². The highest BCUT2D eigenvalue weighted by Crippen LogP contribution is 2.30. The van der Waals surface area contributed by atoms with Gasteiger partial charge in [-0.1, -0.05) is 23.2 Å². The molecule has 1 atom stereocenters. The first kappa shape index (κ1) is 11.1. The normalized spacial score (nSPS) is 21.3. The second-order valence-corrected chi connectivity index (χ2v) is 4.33. The topological polar surface area (TPSA) is 18.5 Å². The van der Waals surface area contributed by atoms with Gasteiger partial charge in [0.2, 0.25) is 0 Å². The van der Waals surface area contributed by atoms with E-state index < -0.39 is 0 Å². The summed E-state index contributed by atoms with van der Waals surface area (Å²) in [5, 5.41) is 1.18. The fourth-order valence-electron chi connectivity index (χ4n) is 1.51. The fraction of sp³-hybridized carbons (Fsp3) is 0.455. The summed E-state index contributed by atoms with van der Waals surface area (Å²) in [5.74, 6) is 0.594. The lowest BCUT2D eigenvalue weighted by Crippen LogP contribution is -2.25. The second-order valence-electron chi connectivity index (χ2n) is 3.49. The molecule has 0 bridgehead atoms. The van der Waals surface area contributed by atoms with Gasteiger partial charge in [0.15, 0.2) is 6.29 Å². The van der Waals surface area contributed by atoms with Crippen molar-refractivity contribution in [1.29, 1.82) is 0 Å². The zero-order valence-corrected chi connectivity index (χ0v) is 9.72. The molecule has 0 N–H and O–H groups in total. The van der Waals surface area contributed by atoms with E-state index in [1.807, 2.05) is 0 Å². The highest BCUT2D eigenvalue weighted by Gasteiger charge is 2.16. The third-order valence-corrected chi connectivity index (χ3v) is 2.84. The maximum atomic E-state index is 5.98. The average molecular weight is 247 g/mol. The maximum Gasteiger partial charge on any atom is 0.199 e. The minimum Gasteiger partial charge on any atom is -0.463 e. The van der Waals surface area contributed by atoms with E-state index in [-0.39, 0.29) is 6.29 Å². The van der Waals surface area contributed by atoms with Crippen LogP contribution in [0.2, 0.25) is 10.0 Å². The van der Waals surface area contributed by atoms with Crippen LogP contribution < -0.4 is 4.74 Å². The molecule has 1 aliphatic heterocycles. The van der Waals surface area contributed by atoms with Gasteiger partial charge in [-0.25, -0.2) is 0 Å². The van der Waals surface area contributed by atoms with Crippen molar-refractivity contribution in [2.75, 3.05) is 6.61 Å². The molecule has 2 rings (SSSR count). The monoisotopic (exact) mass is 246 g/mol. The summed E-state index contributed by atoms with van der Waals surface area (Å²) in [6.07, 6.45) is 2.95. The molecular weight excluding hydrogens is 235 g/mol. The van der Waals surface area contributed by atoms with Gasteiger partial charge in [0.25, 0.3) is 0 Å². The Hall–Kier alpha value is -0.440. The van der Waals surface area contributed by atoms with Crippen LogP contribution in [0.3, 0.4) is 0 Å². The van der Waals surface area contributed by atoms with Crippen LogP contribution in [-0.4, -0.2) is 12.9 Å². The molecule has 2 nitrogen and oxygen atoms in total. The lowest BCUT2D eigenvalue weighted by atomic mass is 10.2. The van der Waals surface area contributed by atoms with E-state index in [0.717, 1.165) is 25.9 Å². The van der Waals surface area contributed by atoms with Crippen LogP contribution in [0, 0.1) is 0 Å². The Morgan fingerprint density at radius 2 is 2.13 bits per heavy atom. The van der Waals surface area contributed by atoms with Crippen molar-refractivity contribution in [3.8, 4) is 5.75 Å². The van der Waals surface area contributed by atoms with E-state index >= 15 is 0 Å². The van der Waals surface area contributed by atoms with Crippen molar-refractivity contribution in [3.63, 3.8) is 0 Å². The summed E-state index contributed by atoms with van der Waals surface area (Å²) in [5.41, 5.74) is 0. The SMILES string of the molecule is Clc1ccc(Cl)c(OC2CCCCO2)c1. The van der Waals surface area contributed by atoms with Crippen LogP contribution in [0.25, 0.3) is 0 Å².